The first kappa shape index (κ1) is 14.7. The van der Waals surface area contributed by atoms with Gasteiger partial charge >= 0.3 is 5.95 Å². The third-order valence-corrected chi connectivity index (χ3v) is 3.46. The van der Waals surface area contributed by atoms with E-state index >= 15 is 0 Å². The van der Waals surface area contributed by atoms with Gasteiger partial charge in [0.15, 0.2) is 0 Å². The van der Waals surface area contributed by atoms with Gasteiger partial charge < -0.3 is 4.74 Å². The average molecular weight is 338 g/mol. The summed E-state index contributed by atoms with van der Waals surface area (Å²) < 4.78 is 9.17. The summed E-state index contributed by atoms with van der Waals surface area (Å²) in [4.78, 5) is 0. The molecule has 106 valence electrons. The minimum Gasteiger partial charge on any atom is -0.497 e. The molecule has 0 bridgehead atoms. The number of ether oxygens (including phenoxy) is 1. The van der Waals surface area contributed by atoms with Crippen molar-refractivity contribution >= 4 is 27.6 Å². The zero-order valence-electron chi connectivity index (χ0n) is 11.7. The molecular formula is C14H18BrN4O+. The molecule has 5 nitrogen and oxygen atoms in total. The fourth-order valence-electron chi connectivity index (χ4n) is 1.80. The monoisotopic (exact) mass is 337 g/mol. The van der Waals surface area contributed by atoms with Gasteiger partial charge in [-0.15, -0.1) is 0 Å². The van der Waals surface area contributed by atoms with Gasteiger partial charge in [-0.25, -0.2) is 9.13 Å². The van der Waals surface area contributed by atoms with Crippen LogP contribution in [0.2, 0.25) is 0 Å². The number of halogens is 1. The Bertz CT molecular complexity index is 577. The molecule has 0 atom stereocenters. The number of aromatic nitrogens is 2. The van der Waals surface area contributed by atoms with E-state index in [-0.39, 0.29) is 0 Å². The van der Waals surface area contributed by atoms with Crippen molar-refractivity contribution in [2.24, 2.45) is 17.3 Å². The van der Waals surface area contributed by atoms with Crippen LogP contribution in [-0.4, -0.2) is 17.0 Å². The summed E-state index contributed by atoms with van der Waals surface area (Å²) in [5.74, 6) is 1.65. The summed E-state index contributed by atoms with van der Waals surface area (Å²) in [6, 6.07) is 7.51. The maximum atomic E-state index is 5.12. The molecule has 0 amide bonds. The Balaban J connectivity index is 2.15. The van der Waals surface area contributed by atoms with E-state index in [1.807, 2.05) is 48.3 Å². The minimum absolute atomic E-state index is 0.805. The Labute approximate surface area is 127 Å². The summed E-state index contributed by atoms with van der Waals surface area (Å²) in [5, 5.41) is 9.59. The number of benzene rings is 1. The van der Waals surface area contributed by atoms with Gasteiger partial charge in [-0.3, -0.25) is 0 Å². The molecule has 1 aromatic heterocycles. The minimum atomic E-state index is 0.805. The molecule has 0 spiro atoms. The van der Waals surface area contributed by atoms with E-state index in [1.54, 1.807) is 7.11 Å². The maximum Gasteiger partial charge on any atom is 0.421 e. The largest absolute Gasteiger partial charge is 0.497 e. The predicted octanol–water partition coefficient (Wildman–Crippen LogP) is 3.52. The van der Waals surface area contributed by atoms with Crippen LogP contribution in [0.5, 0.6) is 5.75 Å². The Morgan fingerprint density at radius 2 is 2.00 bits per heavy atom. The summed E-state index contributed by atoms with van der Waals surface area (Å²) in [6.07, 6.45) is 5.06. The molecular weight excluding hydrogens is 320 g/mol. The van der Waals surface area contributed by atoms with Gasteiger partial charge in [0.05, 0.1) is 33.1 Å². The molecule has 1 aromatic carbocycles. The average Bonchev–Trinajstić information content (AvgIpc) is 2.84. The number of methoxy groups -OCH3 is 1. The van der Waals surface area contributed by atoms with Gasteiger partial charge in [0.2, 0.25) is 0 Å². The predicted molar refractivity (Wildman–Crippen MR) is 81.2 cm³/mol. The molecule has 0 fully saturated rings. The Morgan fingerprint density at radius 3 is 2.65 bits per heavy atom. The normalized spacial score (nSPS) is 11.2. The number of hydrogen-bond donors (Lipinski definition) is 0. The van der Waals surface area contributed by atoms with Gasteiger partial charge in [-0.2, -0.15) is 0 Å². The van der Waals surface area contributed by atoms with Crippen LogP contribution in [0.4, 0.5) is 11.6 Å². The van der Waals surface area contributed by atoms with Crippen LogP contribution in [0.1, 0.15) is 6.42 Å². The van der Waals surface area contributed by atoms with Crippen LogP contribution in [0.15, 0.2) is 46.9 Å². The smallest absolute Gasteiger partial charge is 0.421 e. The summed E-state index contributed by atoms with van der Waals surface area (Å²) >= 11 is 3.44. The van der Waals surface area contributed by atoms with Crippen molar-refractivity contribution in [3.63, 3.8) is 0 Å². The lowest BCUT2D eigenvalue weighted by Crippen LogP contribution is -2.25. The number of aryl methyl sites for hydroxylation is 2. The number of azo groups is 1. The fraction of sp³-hybridized carbons (Fsp3) is 0.357. The molecule has 0 saturated carbocycles. The highest BCUT2D eigenvalue weighted by molar-refractivity contribution is 9.09. The zero-order chi connectivity index (χ0) is 14.4. The number of imidazole rings is 1. The maximum absolute atomic E-state index is 5.12. The van der Waals surface area contributed by atoms with E-state index < -0.39 is 0 Å². The Kier molecular flexibility index (Phi) is 5.29. The zero-order valence-corrected chi connectivity index (χ0v) is 13.2. The van der Waals surface area contributed by atoms with E-state index in [0.717, 1.165) is 35.7 Å². The van der Waals surface area contributed by atoms with Crippen LogP contribution in [0.25, 0.3) is 0 Å². The number of nitrogens with zero attached hydrogens (tertiary/aromatic N) is 4. The van der Waals surface area contributed by atoms with Gasteiger partial charge in [0.1, 0.15) is 11.4 Å². The van der Waals surface area contributed by atoms with Crippen molar-refractivity contribution in [2.75, 3.05) is 12.4 Å². The molecule has 0 N–H and O–H groups in total. The van der Waals surface area contributed by atoms with E-state index in [9.17, 15) is 0 Å². The van der Waals surface area contributed by atoms with Gasteiger partial charge in [-0.1, -0.05) is 21.0 Å². The van der Waals surface area contributed by atoms with Crippen molar-refractivity contribution in [3.05, 3.63) is 36.7 Å². The molecule has 0 saturated heterocycles. The first-order valence-corrected chi connectivity index (χ1v) is 7.53. The highest BCUT2D eigenvalue weighted by Gasteiger charge is 2.13. The quantitative estimate of drug-likeness (QED) is 0.451. The van der Waals surface area contributed by atoms with Gasteiger partial charge in [0, 0.05) is 10.4 Å². The van der Waals surface area contributed by atoms with E-state index in [4.69, 9.17) is 4.74 Å². The molecule has 0 aliphatic carbocycles. The molecule has 2 rings (SSSR count). The molecule has 1 heterocycles. The lowest BCUT2D eigenvalue weighted by molar-refractivity contribution is -0.657. The molecule has 0 radical (unpaired) electrons. The van der Waals surface area contributed by atoms with Crippen LogP contribution >= 0.6 is 15.9 Å². The topological polar surface area (TPSA) is 42.8 Å². The Morgan fingerprint density at radius 1 is 1.25 bits per heavy atom. The van der Waals surface area contributed by atoms with Crippen molar-refractivity contribution < 1.29 is 9.30 Å². The SMILES string of the molecule is COc1ccc(N=Nc2n(CCCBr)cc[n+]2C)cc1. The number of alkyl halides is 1. The third kappa shape index (κ3) is 3.66. The van der Waals surface area contributed by atoms with Gasteiger partial charge in [-0.05, 0) is 30.7 Å². The fourth-order valence-corrected chi connectivity index (χ4v) is 2.05. The third-order valence-electron chi connectivity index (χ3n) is 2.90. The lowest BCUT2D eigenvalue weighted by Gasteiger charge is -1.98. The summed E-state index contributed by atoms with van der Waals surface area (Å²) in [5.41, 5.74) is 0.805. The molecule has 2 aromatic rings. The van der Waals surface area contributed by atoms with Crippen LogP contribution in [0, 0.1) is 0 Å². The first-order chi connectivity index (χ1) is 9.74. The van der Waals surface area contributed by atoms with E-state index in [0.29, 0.717) is 0 Å². The van der Waals surface area contributed by atoms with Crippen molar-refractivity contribution in [3.8, 4) is 5.75 Å². The second-order valence-corrected chi connectivity index (χ2v) is 5.14. The number of rotatable bonds is 6. The van der Waals surface area contributed by atoms with Crippen molar-refractivity contribution in [2.45, 2.75) is 13.0 Å². The molecule has 0 aliphatic heterocycles. The van der Waals surface area contributed by atoms with Crippen molar-refractivity contribution in [1.82, 2.24) is 4.57 Å². The molecule has 0 aliphatic rings. The van der Waals surface area contributed by atoms with E-state index in [2.05, 4.69) is 30.7 Å². The molecule has 20 heavy (non-hydrogen) atoms. The Hall–Kier alpha value is -1.69. The summed E-state index contributed by atoms with van der Waals surface area (Å²) in [6.45, 7) is 0.920. The van der Waals surface area contributed by atoms with E-state index in [1.165, 1.54) is 0 Å². The number of hydrogen-bond acceptors (Lipinski definition) is 3. The lowest BCUT2D eigenvalue weighted by atomic mass is 10.3. The summed E-state index contributed by atoms with van der Waals surface area (Å²) in [7, 11) is 3.61. The van der Waals surface area contributed by atoms with Gasteiger partial charge in [0.25, 0.3) is 0 Å². The second kappa shape index (κ2) is 7.19. The molecule has 0 unspecified atom stereocenters. The first-order valence-electron chi connectivity index (χ1n) is 6.41. The highest BCUT2D eigenvalue weighted by atomic mass is 79.9. The van der Waals surface area contributed by atoms with Crippen LogP contribution < -0.4 is 9.30 Å². The van der Waals surface area contributed by atoms with Crippen LogP contribution in [-0.2, 0) is 13.6 Å². The second-order valence-electron chi connectivity index (χ2n) is 4.34. The standard InChI is InChI=1S/C14H18BrN4O/c1-18-10-11-19(9-3-8-15)14(18)17-16-12-4-6-13(20-2)7-5-12/h4-7,10-11H,3,8-9H2,1-2H3/q+1. The van der Waals surface area contributed by atoms with Crippen molar-refractivity contribution in [1.29, 1.82) is 0 Å². The highest BCUT2D eigenvalue weighted by Crippen LogP contribution is 2.19. The molecule has 6 heteroatoms. The van der Waals surface area contributed by atoms with Crippen LogP contribution in [0.3, 0.4) is 0 Å².